The van der Waals surface area contributed by atoms with E-state index in [0.29, 0.717) is 5.75 Å². The Bertz CT molecular complexity index is 911. The summed E-state index contributed by atoms with van der Waals surface area (Å²) in [6.45, 7) is 5.79. The number of aliphatic imine (C=N–C) groups is 1. The maximum absolute atomic E-state index is 13.3. The number of nitrogens with one attached hydrogen (secondary N) is 1. The van der Waals surface area contributed by atoms with Crippen LogP contribution in [0.5, 0.6) is 5.75 Å². The highest BCUT2D eigenvalue weighted by Gasteiger charge is 2.30. The van der Waals surface area contributed by atoms with E-state index >= 15 is 0 Å². The van der Waals surface area contributed by atoms with Crippen molar-refractivity contribution in [2.45, 2.75) is 33.0 Å². The SMILES string of the molecule is Cc1cc(CN[SH](=O)=O)cc2c1C(c1ccc(F)cc1)=NC(C)(C)O2. The Hall–Kier alpha value is -2.25. The second-order valence-electron chi connectivity index (χ2n) is 6.39. The normalized spacial score (nSPS) is 15.5. The van der Waals surface area contributed by atoms with Crippen molar-refractivity contribution >= 4 is 16.6 Å². The summed E-state index contributed by atoms with van der Waals surface area (Å²) in [5.74, 6) is 0.331. The molecular weight excluding hydrogens is 343 g/mol. The topological polar surface area (TPSA) is 67.8 Å². The molecule has 0 atom stereocenters. The molecule has 5 nitrogen and oxygen atoms in total. The third kappa shape index (κ3) is 3.88. The summed E-state index contributed by atoms with van der Waals surface area (Å²) in [6.07, 6.45) is 0. The van der Waals surface area contributed by atoms with Gasteiger partial charge in [-0.2, -0.15) is 0 Å². The lowest BCUT2D eigenvalue weighted by Gasteiger charge is -2.31. The Labute approximate surface area is 147 Å². The number of nitrogens with zero attached hydrogens (tertiary/aromatic N) is 1. The van der Waals surface area contributed by atoms with Gasteiger partial charge in [0, 0.05) is 17.7 Å². The van der Waals surface area contributed by atoms with Crippen molar-refractivity contribution in [3.63, 3.8) is 0 Å². The number of thiol groups is 1. The molecule has 0 aliphatic carbocycles. The quantitative estimate of drug-likeness (QED) is 0.822. The lowest BCUT2D eigenvalue weighted by atomic mass is 9.93. The molecule has 0 bridgehead atoms. The largest absolute Gasteiger partial charge is 0.466 e. The molecule has 0 saturated carbocycles. The molecule has 7 heteroatoms. The Kier molecular flexibility index (Phi) is 4.62. The number of hydrogen-bond acceptors (Lipinski definition) is 4. The van der Waals surface area contributed by atoms with Crippen molar-refractivity contribution in [1.29, 1.82) is 0 Å². The first-order valence-electron chi connectivity index (χ1n) is 7.82. The van der Waals surface area contributed by atoms with Crippen LogP contribution in [0, 0.1) is 12.7 Å². The first-order chi connectivity index (χ1) is 11.7. The first kappa shape index (κ1) is 17.6. The number of hydrogen-bond donors (Lipinski definition) is 2. The van der Waals surface area contributed by atoms with E-state index in [2.05, 4.69) is 9.71 Å². The zero-order valence-electron chi connectivity index (χ0n) is 14.2. The number of aryl methyl sites for hydroxylation is 1. The summed E-state index contributed by atoms with van der Waals surface area (Å²) in [5, 5.41) is 0. The summed E-state index contributed by atoms with van der Waals surface area (Å²) in [6, 6.07) is 9.89. The van der Waals surface area contributed by atoms with Gasteiger partial charge in [-0.05, 0) is 62.2 Å². The Morgan fingerprint density at radius 2 is 1.88 bits per heavy atom. The van der Waals surface area contributed by atoms with Gasteiger partial charge in [0.25, 0.3) is 0 Å². The highest BCUT2D eigenvalue weighted by Crippen LogP contribution is 2.35. The van der Waals surface area contributed by atoms with Crippen molar-refractivity contribution in [1.82, 2.24) is 4.72 Å². The van der Waals surface area contributed by atoms with Crippen LogP contribution in [0.3, 0.4) is 0 Å². The fourth-order valence-corrected chi connectivity index (χ4v) is 3.21. The standard InChI is InChI=1S/C18H19FN2O3S/c1-11-8-12(10-20-25(22)23)9-15-16(11)17(21-18(2,3)24-15)13-4-6-14(19)7-5-13/h4-9,25H,10H2,1-3H3,(H,20,22,23). The van der Waals surface area contributed by atoms with E-state index in [9.17, 15) is 12.8 Å². The van der Waals surface area contributed by atoms with E-state index in [1.54, 1.807) is 12.1 Å². The molecule has 0 amide bonds. The Morgan fingerprint density at radius 3 is 2.52 bits per heavy atom. The van der Waals surface area contributed by atoms with E-state index in [1.807, 2.05) is 32.9 Å². The van der Waals surface area contributed by atoms with Crippen LogP contribution in [0.4, 0.5) is 4.39 Å². The van der Waals surface area contributed by atoms with Crippen LogP contribution in [0.15, 0.2) is 41.4 Å². The van der Waals surface area contributed by atoms with Crippen molar-refractivity contribution in [2.24, 2.45) is 4.99 Å². The number of fused-ring (bicyclic) bond motifs is 1. The van der Waals surface area contributed by atoms with Crippen LogP contribution in [0.25, 0.3) is 0 Å². The van der Waals surface area contributed by atoms with Gasteiger partial charge in [0.2, 0.25) is 10.9 Å². The lowest BCUT2D eigenvalue weighted by molar-refractivity contribution is 0.115. The Balaban J connectivity index is 2.10. The number of halogens is 1. The van der Waals surface area contributed by atoms with Gasteiger partial charge >= 0.3 is 0 Å². The molecule has 1 N–H and O–H groups in total. The van der Waals surface area contributed by atoms with Crippen LogP contribution in [0.2, 0.25) is 0 Å². The zero-order valence-corrected chi connectivity index (χ0v) is 15.1. The van der Waals surface area contributed by atoms with Crippen molar-refractivity contribution in [3.05, 3.63) is 64.5 Å². The molecule has 2 aromatic carbocycles. The van der Waals surface area contributed by atoms with E-state index in [-0.39, 0.29) is 12.4 Å². The molecule has 3 rings (SSSR count). The van der Waals surface area contributed by atoms with Crippen LogP contribution >= 0.6 is 0 Å². The van der Waals surface area contributed by atoms with Gasteiger partial charge in [-0.1, -0.05) is 6.07 Å². The van der Waals surface area contributed by atoms with Crippen LogP contribution in [-0.4, -0.2) is 19.9 Å². The molecular formula is C18H19FN2O3S. The van der Waals surface area contributed by atoms with Crippen molar-refractivity contribution < 1.29 is 17.5 Å². The summed E-state index contributed by atoms with van der Waals surface area (Å²) >= 11 is 0. The molecule has 0 spiro atoms. The highest BCUT2D eigenvalue weighted by molar-refractivity contribution is 7.70. The number of rotatable bonds is 4. The third-order valence-corrected chi connectivity index (χ3v) is 4.28. The van der Waals surface area contributed by atoms with Crippen molar-refractivity contribution in [2.75, 3.05) is 0 Å². The second-order valence-corrected chi connectivity index (χ2v) is 7.22. The fourth-order valence-electron chi connectivity index (χ4n) is 2.90. The van der Waals surface area contributed by atoms with E-state index in [0.717, 1.165) is 28.0 Å². The maximum atomic E-state index is 13.3. The maximum Gasteiger partial charge on any atom is 0.201 e. The number of ether oxygens (including phenoxy) is 1. The molecule has 132 valence electrons. The average molecular weight is 362 g/mol. The van der Waals surface area contributed by atoms with Crippen LogP contribution in [0.1, 0.15) is 36.1 Å². The van der Waals surface area contributed by atoms with Gasteiger partial charge in [-0.15, -0.1) is 0 Å². The minimum atomic E-state index is -2.66. The fraction of sp³-hybridized carbons (Fsp3) is 0.278. The summed E-state index contributed by atoms with van der Waals surface area (Å²) in [5.41, 5.74) is 3.30. The van der Waals surface area contributed by atoms with Gasteiger partial charge in [-0.3, -0.25) is 0 Å². The molecule has 2 aromatic rings. The monoisotopic (exact) mass is 362 g/mol. The lowest BCUT2D eigenvalue weighted by Crippen LogP contribution is -2.33. The van der Waals surface area contributed by atoms with E-state index in [4.69, 9.17) is 4.74 Å². The van der Waals surface area contributed by atoms with Gasteiger partial charge < -0.3 is 4.74 Å². The summed E-state index contributed by atoms with van der Waals surface area (Å²) in [4.78, 5) is 4.68. The molecule has 25 heavy (non-hydrogen) atoms. The smallest absolute Gasteiger partial charge is 0.201 e. The second kappa shape index (κ2) is 6.57. The van der Waals surface area contributed by atoms with E-state index in [1.165, 1.54) is 12.1 Å². The molecule has 0 saturated heterocycles. The highest BCUT2D eigenvalue weighted by atomic mass is 32.2. The van der Waals surface area contributed by atoms with Crippen LogP contribution < -0.4 is 9.46 Å². The molecule has 1 aliphatic rings. The summed E-state index contributed by atoms with van der Waals surface area (Å²) < 4.78 is 43.2. The van der Waals surface area contributed by atoms with Crippen molar-refractivity contribution in [3.8, 4) is 5.75 Å². The van der Waals surface area contributed by atoms with Gasteiger partial charge in [-0.25, -0.2) is 22.5 Å². The predicted molar refractivity (Wildman–Crippen MR) is 95.1 cm³/mol. The molecule has 1 heterocycles. The Morgan fingerprint density at radius 1 is 1.20 bits per heavy atom. The van der Waals surface area contributed by atoms with Gasteiger partial charge in [0.05, 0.1) is 5.71 Å². The molecule has 0 fully saturated rings. The third-order valence-electron chi connectivity index (χ3n) is 3.87. The predicted octanol–water partition coefficient (Wildman–Crippen LogP) is 2.72. The molecule has 0 radical (unpaired) electrons. The van der Waals surface area contributed by atoms with E-state index < -0.39 is 16.6 Å². The molecule has 1 aliphatic heterocycles. The van der Waals surface area contributed by atoms with Crippen LogP contribution in [-0.2, 0) is 17.4 Å². The number of benzene rings is 2. The summed E-state index contributed by atoms with van der Waals surface area (Å²) in [7, 11) is -2.66. The first-order valence-corrected chi connectivity index (χ1v) is 8.99. The average Bonchev–Trinajstić information content (AvgIpc) is 2.51. The minimum Gasteiger partial charge on any atom is -0.466 e. The van der Waals surface area contributed by atoms with Gasteiger partial charge in [0.1, 0.15) is 11.6 Å². The molecule has 0 unspecified atom stereocenters. The zero-order chi connectivity index (χ0) is 18.2. The minimum absolute atomic E-state index is 0.194. The van der Waals surface area contributed by atoms with Gasteiger partial charge in [0.15, 0.2) is 5.72 Å². The molecule has 0 aromatic heterocycles.